The summed E-state index contributed by atoms with van der Waals surface area (Å²) in [6, 6.07) is 63.1. The van der Waals surface area contributed by atoms with Crippen LogP contribution in [-0.2, 0) is 4.79 Å². The molecule has 2 unspecified atom stereocenters. The first-order valence-corrected chi connectivity index (χ1v) is 21.1. The van der Waals surface area contributed by atoms with Crippen molar-refractivity contribution in [1.29, 1.82) is 0 Å². The highest BCUT2D eigenvalue weighted by atomic mass is 31.1. The minimum atomic E-state index is -1.19. The lowest BCUT2D eigenvalue weighted by Crippen LogP contribution is -2.26. The molecule has 1 aliphatic rings. The fraction of sp³-hybridized carbons (Fsp3) is 0.113. The Labute approximate surface area is 334 Å². The number of carbonyl (C=O) groups is 1. The molecule has 10 rings (SSSR count). The van der Waals surface area contributed by atoms with Gasteiger partial charge in [0.15, 0.2) is 0 Å². The van der Waals surface area contributed by atoms with Gasteiger partial charge >= 0.3 is 0 Å². The summed E-state index contributed by atoms with van der Waals surface area (Å²) in [6.45, 7) is 0. The number of hydrogen-bond donors (Lipinski definition) is 0. The van der Waals surface area contributed by atoms with E-state index in [1.165, 1.54) is 38.0 Å². The number of ether oxygens (including phenoxy) is 2. The van der Waals surface area contributed by atoms with Crippen LogP contribution in [0, 0.1) is 0 Å². The highest BCUT2D eigenvalue weighted by Gasteiger charge is 2.43. The van der Waals surface area contributed by atoms with Crippen LogP contribution >= 0.6 is 7.92 Å². The Morgan fingerprint density at radius 2 is 0.789 bits per heavy atom. The van der Waals surface area contributed by atoms with E-state index in [0.717, 1.165) is 55.3 Å². The molecule has 276 valence electrons. The van der Waals surface area contributed by atoms with Gasteiger partial charge in [0.2, 0.25) is 0 Å². The van der Waals surface area contributed by atoms with E-state index in [4.69, 9.17) is 9.47 Å². The molecule has 0 aromatic heterocycles. The highest BCUT2D eigenvalue weighted by molar-refractivity contribution is 7.67. The van der Waals surface area contributed by atoms with Gasteiger partial charge in [0.1, 0.15) is 17.3 Å². The largest absolute Gasteiger partial charge is 0.496 e. The number of hydrogen-bond acceptors (Lipinski definition) is 3. The molecule has 2 atom stereocenters. The van der Waals surface area contributed by atoms with Crippen molar-refractivity contribution in [2.75, 3.05) is 14.2 Å². The Bertz CT molecular complexity index is 2800. The first-order valence-electron chi connectivity index (χ1n) is 19.6. The van der Waals surface area contributed by atoms with E-state index in [1.54, 1.807) is 14.2 Å². The van der Waals surface area contributed by atoms with Gasteiger partial charge in [-0.05, 0) is 82.8 Å². The summed E-state index contributed by atoms with van der Waals surface area (Å²) in [4.78, 5) is 14.5. The number of carbonyl (C=O) groups excluding carboxylic acids is 1. The van der Waals surface area contributed by atoms with Gasteiger partial charge in [-0.1, -0.05) is 172 Å². The summed E-state index contributed by atoms with van der Waals surface area (Å²) in [5.41, 5.74) is 6.72. The molecule has 1 heterocycles. The number of benzene rings is 9. The maximum absolute atomic E-state index is 14.5. The van der Waals surface area contributed by atoms with E-state index < -0.39 is 7.92 Å². The van der Waals surface area contributed by atoms with Crippen molar-refractivity contribution in [3.05, 3.63) is 187 Å². The lowest BCUT2D eigenvalue weighted by molar-refractivity contribution is -0.119. The summed E-state index contributed by atoms with van der Waals surface area (Å²) in [7, 11) is 2.36. The van der Waals surface area contributed by atoms with Gasteiger partial charge < -0.3 is 9.47 Å². The Balaban J connectivity index is 1.39. The SMILES string of the molecule is COc1ccc2ccccc2c1-c1cccc(-c2c(OC)ccc3ccccc23)c1P1C(c2cccc3ccccc23)CC(=O)CC1c1cccc2ccccc12. The lowest BCUT2D eigenvalue weighted by atomic mass is 9.91. The minimum absolute atomic E-state index is 0.0711. The van der Waals surface area contributed by atoms with Crippen molar-refractivity contribution in [3.8, 4) is 33.8 Å². The summed E-state index contributed by atoms with van der Waals surface area (Å²) in [5.74, 6) is 1.95. The fourth-order valence-corrected chi connectivity index (χ4v) is 13.3. The van der Waals surface area contributed by atoms with Crippen molar-refractivity contribution in [2.24, 2.45) is 0 Å². The van der Waals surface area contributed by atoms with E-state index in [-0.39, 0.29) is 11.3 Å². The molecule has 9 aromatic rings. The third kappa shape index (κ3) is 5.97. The number of Topliss-reactive ketones (excluding diaryl/α,β-unsaturated/α-hetero) is 1. The topological polar surface area (TPSA) is 35.5 Å². The minimum Gasteiger partial charge on any atom is -0.496 e. The molecule has 0 radical (unpaired) electrons. The van der Waals surface area contributed by atoms with Crippen molar-refractivity contribution in [2.45, 2.75) is 24.2 Å². The molecule has 57 heavy (non-hydrogen) atoms. The Kier molecular flexibility index (Phi) is 9.04. The average Bonchev–Trinajstić information content (AvgIpc) is 3.27. The standard InChI is InChI=1S/C53H41O3P/c1-55-47-30-28-36-16-5-9-22-41(36)51(47)45-26-13-27-46(52-42-23-10-6-17-37(42)29-31-48(52)56-2)53(45)57-49(43-24-11-18-34-14-3-7-20-39(34)43)32-38(54)33-50(57)44-25-12-19-35-15-4-8-21-40(35)44/h3-31,49-50H,32-33H2,1-2H3. The molecule has 0 aliphatic carbocycles. The molecule has 0 bridgehead atoms. The molecule has 1 fully saturated rings. The summed E-state index contributed by atoms with van der Waals surface area (Å²) < 4.78 is 12.6. The molecular weight excluding hydrogens is 716 g/mol. The molecule has 0 saturated carbocycles. The summed E-state index contributed by atoms with van der Waals surface area (Å²) >= 11 is 0. The van der Waals surface area contributed by atoms with Crippen LogP contribution in [0.25, 0.3) is 65.3 Å². The molecule has 4 heteroatoms. The molecule has 9 aromatic carbocycles. The second-order valence-corrected chi connectivity index (χ2v) is 17.5. The van der Waals surface area contributed by atoms with Gasteiger partial charge in [-0.25, -0.2) is 0 Å². The third-order valence-electron chi connectivity index (χ3n) is 11.9. The zero-order valence-electron chi connectivity index (χ0n) is 32.0. The number of rotatable bonds is 7. The van der Waals surface area contributed by atoms with Gasteiger partial charge in [0, 0.05) is 35.3 Å². The molecule has 1 saturated heterocycles. The highest BCUT2D eigenvalue weighted by Crippen LogP contribution is 2.69. The normalized spacial score (nSPS) is 17.0. The summed E-state index contributed by atoms with van der Waals surface area (Å²) in [5, 5.41) is 10.6. The number of fused-ring (bicyclic) bond motifs is 4. The third-order valence-corrected chi connectivity index (χ3v) is 15.2. The van der Waals surface area contributed by atoms with Gasteiger partial charge in [0.25, 0.3) is 0 Å². The van der Waals surface area contributed by atoms with E-state index in [1.807, 2.05) is 0 Å². The first kappa shape index (κ1) is 35.2. The Morgan fingerprint density at radius 3 is 1.23 bits per heavy atom. The molecule has 1 aliphatic heterocycles. The number of ketones is 1. The van der Waals surface area contributed by atoms with E-state index in [9.17, 15) is 4.79 Å². The first-order chi connectivity index (χ1) is 28.1. The predicted octanol–water partition coefficient (Wildman–Crippen LogP) is 13.6. The Hall–Kier alpha value is -6.28. The monoisotopic (exact) mass is 756 g/mol. The van der Waals surface area contributed by atoms with E-state index >= 15 is 0 Å². The van der Waals surface area contributed by atoms with E-state index in [2.05, 4.69) is 176 Å². The van der Waals surface area contributed by atoms with Gasteiger partial charge in [-0.2, -0.15) is 0 Å². The van der Waals surface area contributed by atoms with Crippen LogP contribution in [0.1, 0.15) is 35.3 Å². The van der Waals surface area contributed by atoms with Crippen molar-refractivity contribution in [1.82, 2.24) is 0 Å². The van der Waals surface area contributed by atoms with Gasteiger partial charge in [0.05, 0.1) is 14.2 Å². The Morgan fingerprint density at radius 1 is 0.421 bits per heavy atom. The lowest BCUT2D eigenvalue weighted by Gasteiger charge is -2.42. The van der Waals surface area contributed by atoms with Gasteiger partial charge in [-0.15, -0.1) is 0 Å². The van der Waals surface area contributed by atoms with E-state index in [0.29, 0.717) is 18.6 Å². The predicted molar refractivity (Wildman–Crippen MR) is 240 cm³/mol. The molecule has 0 N–H and O–H groups in total. The van der Waals surface area contributed by atoms with Crippen molar-refractivity contribution in [3.63, 3.8) is 0 Å². The van der Waals surface area contributed by atoms with Crippen LogP contribution < -0.4 is 14.8 Å². The molecule has 0 spiro atoms. The van der Waals surface area contributed by atoms with Gasteiger partial charge in [-0.3, -0.25) is 4.79 Å². The summed E-state index contributed by atoms with van der Waals surface area (Å²) in [6.07, 6.45) is 0.933. The van der Waals surface area contributed by atoms with Crippen LogP contribution in [0.15, 0.2) is 176 Å². The fourth-order valence-electron chi connectivity index (χ4n) is 9.47. The molecule has 0 amide bonds. The van der Waals surface area contributed by atoms with Crippen LogP contribution in [0.3, 0.4) is 0 Å². The smallest absolute Gasteiger partial charge is 0.134 e. The second kappa shape index (κ2) is 14.7. The quantitative estimate of drug-likeness (QED) is 0.152. The number of methoxy groups -OCH3 is 2. The van der Waals surface area contributed by atoms with Crippen LogP contribution in [0.2, 0.25) is 0 Å². The van der Waals surface area contributed by atoms with Crippen LogP contribution in [-0.4, -0.2) is 20.0 Å². The second-order valence-electron chi connectivity index (χ2n) is 15.0. The average molecular weight is 757 g/mol. The zero-order chi connectivity index (χ0) is 38.5. The molecular formula is C53H41O3P. The van der Waals surface area contributed by atoms with Crippen molar-refractivity contribution < 1.29 is 14.3 Å². The van der Waals surface area contributed by atoms with Crippen LogP contribution in [0.5, 0.6) is 11.5 Å². The zero-order valence-corrected chi connectivity index (χ0v) is 32.9. The van der Waals surface area contributed by atoms with Crippen LogP contribution in [0.4, 0.5) is 0 Å². The molecule has 3 nitrogen and oxygen atoms in total. The maximum Gasteiger partial charge on any atom is 0.134 e. The maximum atomic E-state index is 14.5. The van der Waals surface area contributed by atoms with Crippen molar-refractivity contribution >= 4 is 62.1 Å².